The molecule has 2 aromatic carbocycles. The predicted molar refractivity (Wildman–Crippen MR) is 108 cm³/mol. The standard InChI is InChI=1S/C21H27N3O3/c1-3-24(19-8-5-4-6-9-19)20(25)16-23-18-12-10-17(11-13-18)21(26)22-14-7-15-27-2/h4-6,8-13,23H,3,7,14-16H2,1-2H3,(H,22,26). The summed E-state index contributed by atoms with van der Waals surface area (Å²) in [7, 11) is 1.64. The van der Waals surface area contributed by atoms with Crippen LogP contribution in [0.4, 0.5) is 11.4 Å². The van der Waals surface area contributed by atoms with Gasteiger partial charge in [-0.1, -0.05) is 18.2 Å². The molecule has 2 amide bonds. The van der Waals surface area contributed by atoms with Crippen LogP contribution in [0.3, 0.4) is 0 Å². The molecule has 0 aliphatic carbocycles. The maximum absolute atomic E-state index is 12.5. The van der Waals surface area contributed by atoms with E-state index in [1.807, 2.05) is 37.3 Å². The van der Waals surface area contributed by atoms with E-state index in [9.17, 15) is 9.59 Å². The number of methoxy groups -OCH3 is 1. The molecule has 144 valence electrons. The molecule has 6 heteroatoms. The Morgan fingerprint density at radius 2 is 1.74 bits per heavy atom. The van der Waals surface area contributed by atoms with Gasteiger partial charge in [0.2, 0.25) is 5.91 Å². The lowest BCUT2D eigenvalue weighted by Crippen LogP contribution is -2.35. The number of carbonyl (C=O) groups excluding carboxylic acids is 2. The first-order valence-electron chi connectivity index (χ1n) is 9.12. The number of benzene rings is 2. The largest absolute Gasteiger partial charge is 0.385 e. The van der Waals surface area contributed by atoms with Gasteiger partial charge in [0.05, 0.1) is 6.54 Å². The summed E-state index contributed by atoms with van der Waals surface area (Å²) in [6, 6.07) is 16.7. The number of ether oxygens (including phenoxy) is 1. The highest BCUT2D eigenvalue weighted by Gasteiger charge is 2.13. The van der Waals surface area contributed by atoms with Crippen LogP contribution in [-0.2, 0) is 9.53 Å². The van der Waals surface area contributed by atoms with Gasteiger partial charge in [-0.25, -0.2) is 0 Å². The summed E-state index contributed by atoms with van der Waals surface area (Å²) in [6.07, 6.45) is 0.777. The summed E-state index contributed by atoms with van der Waals surface area (Å²) in [6.45, 7) is 3.94. The lowest BCUT2D eigenvalue weighted by Gasteiger charge is -2.21. The van der Waals surface area contributed by atoms with Gasteiger partial charge in [-0.05, 0) is 49.7 Å². The summed E-state index contributed by atoms with van der Waals surface area (Å²) in [4.78, 5) is 26.3. The van der Waals surface area contributed by atoms with Crippen molar-refractivity contribution in [1.29, 1.82) is 0 Å². The first kappa shape index (κ1) is 20.5. The van der Waals surface area contributed by atoms with E-state index < -0.39 is 0 Å². The molecule has 0 aliphatic heterocycles. The summed E-state index contributed by atoms with van der Waals surface area (Å²) in [5.74, 6) is -0.126. The molecule has 0 fully saturated rings. The van der Waals surface area contributed by atoms with E-state index in [0.717, 1.165) is 17.8 Å². The zero-order chi connectivity index (χ0) is 19.5. The number of nitrogens with zero attached hydrogens (tertiary/aromatic N) is 1. The van der Waals surface area contributed by atoms with Crippen LogP contribution in [0, 0.1) is 0 Å². The van der Waals surface area contributed by atoms with Crippen molar-refractivity contribution in [2.75, 3.05) is 43.6 Å². The van der Waals surface area contributed by atoms with Crippen molar-refractivity contribution in [3.8, 4) is 0 Å². The molecule has 0 unspecified atom stereocenters. The van der Waals surface area contributed by atoms with E-state index in [2.05, 4.69) is 10.6 Å². The van der Waals surface area contributed by atoms with Crippen LogP contribution in [-0.4, -0.2) is 45.2 Å². The molecule has 0 heterocycles. The molecular formula is C21H27N3O3. The highest BCUT2D eigenvalue weighted by atomic mass is 16.5. The number of carbonyl (C=O) groups is 2. The number of anilines is 2. The van der Waals surface area contributed by atoms with Gasteiger partial charge in [0, 0.05) is 43.7 Å². The molecule has 27 heavy (non-hydrogen) atoms. The van der Waals surface area contributed by atoms with Crippen molar-refractivity contribution < 1.29 is 14.3 Å². The van der Waals surface area contributed by atoms with E-state index in [-0.39, 0.29) is 18.4 Å². The third-order valence-electron chi connectivity index (χ3n) is 4.09. The van der Waals surface area contributed by atoms with E-state index in [0.29, 0.717) is 25.3 Å². The Hall–Kier alpha value is -2.86. The maximum atomic E-state index is 12.5. The van der Waals surface area contributed by atoms with Crippen molar-refractivity contribution in [2.45, 2.75) is 13.3 Å². The summed E-state index contributed by atoms with van der Waals surface area (Å²) < 4.78 is 4.95. The Balaban J connectivity index is 1.85. The van der Waals surface area contributed by atoms with Gasteiger partial charge in [0.1, 0.15) is 0 Å². The third kappa shape index (κ3) is 6.42. The third-order valence-corrected chi connectivity index (χ3v) is 4.09. The van der Waals surface area contributed by atoms with Crippen LogP contribution in [0.1, 0.15) is 23.7 Å². The SMILES string of the molecule is CCN(C(=O)CNc1ccc(C(=O)NCCCOC)cc1)c1ccccc1. The molecule has 2 N–H and O–H groups in total. The number of nitrogens with one attached hydrogen (secondary N) is 2. The molecule has 0 spiro atoms. The first-order valence-corrected chi connectivity index (χ1v) is 9.12. The highest BCUT2D eigenvalue weighted by molar-refractivity contribution is 5.96. The average Bonchev–Trinajstić information content (AvgIpc) is 2.71. The summed E-state index contributed by atoms with van der Waals surface area (Å²) >= 11 is 0. The van der Waals surface area contributed by atoms with E-state index in [1.54, 1.807) is 36.3 Å². The van der Waals surface area contributed by atoms with E-state index in [1.165, 1.54) is 0 Å². The van der Waals surface area contributed by atoms with Crippen LogP contribution in [0.25, 0.3) is 0 Å². The molecular weight excluding hydrogens is 342 g/mol. The minimum atomic E-state index is -0.116. The fourth-order valence-electron chi connectivity index (χ4n) is 2.64. The zero-order valence-electron chi connectivity index (χ0n) is 15.9. The number of likely N-dealkylation sites (N-methyl/N-ethyl adjacent to an activating group) is 1. The Kier molecular flexibility index (Phi) is 8.32. The van der Waals surface area contributed by atoms with Crippen molar-refractivity contribution >= 4 is 23.2 Å². The number of rotatable bonds is 10. The van der Waals surface area contributed by atoms with Crippen molar-refractivity contribution in [2.24, 2.45) is 0 Å². The van der Waals surface area contributed by atoms with Crippen LogP contribution in [0.5, 0.6) is 0 Å². The maximum Gasteiger partial charge on any atom is 0.251 e. The molecule has 0 atom stereocenters. The Labute approximate surface area is 160 Å². The van der Waals surface area contributed by atoms with Crippen molar-refractivity contribution in [3.63, 3.8) is 0 Å². The van der Waals surface area contributed by atoms with Gasteiger partial charge in [-0.2, -0.15) is 0 Å². The van der Waals surface area contributed by atoms with E-state index in [4.69, 9.17) is 4.74 Å². The molecule has 0 saturated heterocycles. The lowest BCUT2D eigenvalue weighted by atomic mass is 10.2. The van der Waals surface area contributed by atoms with Gasteiger partial charge >= 0.3 is 0 Å². The normalized spacial score (nSPS) is 10.3. The van der Waals surface area contributed by atoms with Crippen LogP contribution < -0.4 is 15.5 Å². The Bertz CT molecular complexity index is 717. The molecule has 0 saturated carbocycles. The second-order valence-corrected chi connectivity index (χ2v) is 6.01. The zero-order valence-corrected chi connectivity index (χ0v) is 15.9. The van der Waals surface area contributed by atoms with Gasteiger partial charge in [0.15, 0.2) is 0 Å². The minimum Gasteiger partial charge on any atom is -0.385 e. The molecule has 6 nitrogen and oxygen atoms in total. The topological polar surface area (TPSA) is 70.7 Å². The smallest absolute Gasteiger partial charge is 0.251 e. The van der Waals surface area contributed by atoms with Gasteiger partial charge in [-0.15, -0.1) is 0 Å². The molecule has 0 aliphatic rings. The number of hydrogen-bond acceptors (Lipinski definition) is 4. The summed E-state index contributed by atoms with van der Waals surface area (Å²) in [5, 5.41) is 5.96. The average molecular weight is 369 g/mol. The fourth-order valence-corrected chi connectivity index (χ4v) is 2.64. The number of para-hydroxylation sites is 1. The van der Waals surface area contributed by atoms with Crippen LogP contribution in [0.2, 0.25) is 0 Å². The Morgan fingerprint density at radius 1 is 1.04 bits per heavy atom. The second-order valence-electron chi connectivity index (χ2n) is 6.01. The van der Waals surface area contributed by atoms with Crippen LogP contribution in [0.15, 0.2) is 54.6 Å². The molecule has 0 radical (unpaired) electrons. The van der Waals surface area contributed by atoms with Crippen molar-refractivity contribution in [3.05, 3.63) is 60.2 Å². The quantitative estimate of drug-likeness (QED) is 0.632. The highest BCUT2D eigenvalue weighted by Crippen LogP contribution is 2.14. The molecule has 0 aromatic heterocycles. The summed E-state index contributed by atoms with van der Waals surface area (Å²) in [5.41, 5.74) is 2.26. The second kappa shape index (κ2) is 11.0. The van der Waals surface area contributed by atoms with Crippen LogP contribution >= 0.6 is 0 Å². The van der Waals surface area contributed by atoms with Gasteiger partial charge in [-0.3, -0.25) is 9.59 Å². The Morgan fingerprint density at radius 3 is 2.37 bits per heavy atom. The monoisotopic (exact) mass is 369 g/mol. The number of hydrogen-bond donors (Lipinski definition) is 2. The van der Waals surface area contributed by atoms with Gasteiger partial charge < -0.3 is 20.3 Å². The molecule has 2 aromatic rings. The first-order chi connectivity index (χ1) is 13.2. The fraction of sp³-hybridized carbons (Fsp3) is 0.333. The number of amides is 2. The molecule has 0 bridgehead atoms. The lowest BCUT2D eigenvalue weighted by molar-refractivity contribution is -0.116. The van der Waals surface area contributed by atoms with E-state index >= 15 is 0 Å². The van der Waals surface area contributed by atoms with Crippen molar-refractivity contribution in [1.82, 2.24) is 5.32 Å². The minimum absolute atomic E-state index is 0.0105. The predicted octanol–water partition coefficient (Wildman–Crippen LogP) is 2.92. The van der Waals surface area contributed by atoms with Gasteiger partial charge in [0.25, 0.3) is 5.91 Å². The molecule has 2 rings (SSSR count).